The van der Waals surface area contributed by atoms with Crippen molar-refractivity contribution in [3.63, 3.8) is 0 Å². The maximum Gasteiger partial charge on any atom is 0.261 e. The van der Waals surface area contributed by atoms with Crippen molar-refractivity contribution >= 4 is 17.2 Å². The van der Waals surface area contributed by atoms with Crippen LogP contribution in [0.3, 0.4) is 0 Å². The summed E-state index contributed by atoms with van der Waals surface area (Å²) < 4.78 is 0. The number of amides is 1. The molecule has 1 aromatic heterocycles. The molecule has 1 unspecified atom stereocenters. The number of aliphatic hydroxyl groups is 1. The number of aliphatic hydroxyl groups excluding tert-OH is 1. The van der Waals surface area contributed by atoms with Gasteiger partial charge in [0.2, 0.25) is 0 Å². The van der Waals surface area contributed by atoms with Crippen LogP contribution in [0.25, 0.3) is 0 Å². The van der Waals surface area contributed by atoms with Gasteiger partial charge in [-0.25, -0.2) is 0 Å². The monoisotopic (exact) mass is 293 g/mol. The third kappa shape index (κ3) is 3.41. The Morgan fingerprint density at radius 3 is 2.80 bits per heavy atom. The number of fused-ring (bicyclic) bond motifs is 1. The summed E-state index contributed by atoms with van der Waals surface area (Å²) in [6, 6.07) is 2.07. The average molecular weight is 293 g/mol. The first-order valence-corrected chi connectivity index (χ1v) is 8.63. The Morgan fingerprint density at radius 1 is 1.30 bits per heavy atom. The van der Waals surface area contributed by atoms with Crippen molar-refractivity contribution in [1.82, 2.24) is 5.32 Å². The fourth-order valence-corrected chi connectivity index (χ4v) is 4.06. The molecule has 2 aliphatic rings. The fraction of sp³-hybridized carbons (Fsp3) is 0.688. The van der Waals surface area contributed by atoms with Crippen LogP contribution in [0, 0.1) is 5.92 Å². The summed E-state index contributed by atoms with van der Waals surface area (Å²) in [5.41, 5.74) is 1.38. The standard InChI is InChI=1S/C16H23NO2S/c18-13(11-7-8-11)10-17-16(19)15-9-12-5-3-1-2-4-6-14(12)20-15/h9,11,13,18H,1-8,10H2,(H,17,19). The molecule has 0 spiro atoms. The van der Waals surface area contributed by atoms with Crippen molar-refractivity contribution in [2.24, 2.45) is 5.92 Å². The first-order chi connectivity index (χ1) is 9.74. The quantitative estimate of drug-likeness (QED) is 0.897. The van der Waals surface area contributed by atoms with Crippen molar-refractivity contribution in [3.05, 3.63) is 21.4 Å². The molecule has 0 aliphatic heterocycles. The molecule has 2 aliphatic carbocycles. The highest BCUT2D eigenvalue weighted by Gasteiger charge is 2.29. The topological polar surface area (TPSA) is 49.3 Å². The molecule has 1 aromatic rings. The molecule has 1 fully saturated rings. The van der Waals surface area contributed by atoms with Gasteiger partial charge in [0.25, 0.3) is 5.91 Å². The number of hydrogen-bond donors (Lipinski definition) is 2. The molecule has 0 saturated heterocycles. The number of carbonyl (C=O) groups excluding carboxylic acids is 1. The van der Waals surface area contributed by atoms with E-state index in [-0.39, 0.29) is 12.0 Å². The molecule has 3 nitrogen and oxygen atoms in total. The van der Waals surface area contributed by atoms with Crippen LogP contribution in [-0.4, -0.2) is 23.7 Å². The highest BCUT2D eigenvalue weighted by molar-refractivity contribution is 7.14. The average Bonchev–Trinajstić information content (AvgIpc) is 3.19. The second kappa shape index (κ2) is 6.27. The molecule has 0 bridgehead atoms. The van der Waals surface area contributed by atoms with E-state index in [4.69, 9.17) is 0 Å². The van der Waals surface area contributed by atoms with Crippen LogP contribution in [0.2, 0.25) is 0 Å². The maximum atomic E-state index is 12.2. The minimum absolute atomic E-state index is 0.0125. The Balaban J connectivity index is 1.60. The minimum Gasteiger partial charge on any atom is -0.391 e. The van der Waals surface area contributed by atoms with Gasteiger partial charge in [-0.1, -0.05) is 12.8 Å². The van der Waals surface area contributed by atoms with E-state index in [9.17, 15) is 9.90 Å². The van der Waals surface area contributed by atoms with Crippen LogP contribution in [-0.2, 0) is 12.8 Å². The van der Waals surface area contributed by atoms with Gasteiger partial charge in [0.05, 0.1) is 11.0 Å². The smallest absolute Gasteiger partial charge is 0.261 e. The van der Waals surface area contributed by atoms with Crippen molar-refractivity contribution < 1.29 is 9.90 Å². The van der Waals surface area contributed by atoms with Gasteiger partial charge in [0, 0.05) is 11.4 Å². The van der Waals surface area contributed by atoms with Gasteiger partial charge < -0.3 is 10.4 Å². The van der Waals surface area contributed by atoms with Gasteiger partial charge in [-0.05, 0) is 56.1 Å². The lowest BCUT2D eigenvalue weighted by atomic mass is 10.00. The zero-order chi connectivity index (χ0) is 13.9. The largest absolute Gasteiger partial charge is 0.391 e. The van der Waals surface area contributed by atoms with E-state index in [2.05, 4.69) is 11.4 Å². The van der Waals surface area contributed by atoms with Crippen LogP contribution in [0.15, 0.2) is 6.07 Å². The van der Waals surface area contributed by atoms with Crippen molar-refractivity contribution in [1.29, 1.82) is 0 Å². The summed E-state index contributed by atoms with van der Waals surface area (Å²) in [6.45, 7) is 0.395. The number of hydrogen-bond acceptors (Lipinski definition) is 3. The van der Waals surface area contributed by atoms with Crippen molar-refractivity contribution in [2.75, 3.05) is 6.54 Å². The van der Waals surface area contributed by atoms with Crippen LogP contribution >= 0.6 is 11.3 Å². The highest BCUT2D eigenvalue weighted by Crippen LogP contribution is 2.32. The lowest BCUT2D eigenvalue weighted by molar-refractivity contribution is 0.0905. The zero-order valence-corrected chi connectivity index (χ0v) is 12.7. The summed E-state index contributed by atoms with van der Waals surface area (Å²) in [5.74, 6) is 0.403. The van der Waals surface area contributed by atoms with Crippen molar-refractivity contribution in [3.8, 4) is 0 Å². The summed E-state index contributed by atoms with van der Waals surface area (Å²) in [4.78, 5) is 14.4. The minimum atomic E-state index is -0.361. The number of thiophene rings is 1. The first kappa shape index (κ1) is 14.1. The Kier molecular flexibility index (Phi) is 4.41. The van der Waals surface area contributed by atoms with E-state index in [1.165, 1.54) is 36.1 Å². The van der Waals surface area contributed by atoms with E-state index >= 15 is 0 Å². The number of aryl methyl sites for hydroxylation is 2. The Morgan fingerprint density at radius 2 is 2.05 bits per heavy atom. The summed E-state index contributed by atoms with van der Waals surface area (Å²) in [7, 11) is 0. The Bertz CT molecular complexity index is 453. The van der Waals surface area contributed by atoms with Gasteiger partial charge in [0.15, 0.2) is 0 Å². The van der Waals surface area contributed by atoms with E-state index in [0.29, 0.717) is 12.5 Å². The molecule has 1 amide bonds. The second-order valence-electron chi connectivity index (χ2n) is 6.09. The van der Waals surface area contributed by atoms with Gasteiger partial charge in [0.1, 0.15) is 0 Å². The van der Waals surface area contributed by atoms with Crippen LogP contribution < -0.4 is 5.32 Å². The lowest BCUT2D eigenvalue weighted by Gasteiger charge is -2.09. The van der Waals surface area contributed by atoms with Crippen LogP contribution in [0.1, 0.15) is 58.6 Å². The number of nitrogens with one attached hydrogen (secondary N) is 1. The zero-order valence-electron chi connectivity index (χ0n) is 11.9. The predicted octanol–water partition coefficient (Wildman–Crippen LogP) is 2.91. The van der Waals surface area contributed by atoms with E-state index < -0.39 is 0 Å². The SMILES string of the molecule is O=C(NCC(O)C1CC1)c1cc2c(s1)CCCCCC2. The van der Waals surface area contributed by atoms with Gasteiger partial charge in [-0.15, -0.1) is 11.3 Å². The number of rotatable bonds is 4. The second-order valence-corrected chi connectivity index (χ2v) is 7.22. The summed E-state index contributed by atoms with van der Waals surface area (Å²) in [5, 5.41) is 12.7. The maximum absolute atomic E-state index is 12.2. The third-order valence-electron chi connectivity index (χ3n) is 4.36. The predicted molar refractivity (Wildman–Crippen MR) is 81.3 cm³/mol. The van der Waals surface area contributed by atoms with Crippen molar-refractivity contribution in [2.45, 2.75) is 57.5 Å². The molecule has 1 heterocycles. The molecule has 2 N–H and O–H groups in total. The molecule has 20 heavy (non-hydrogen) atoms. The van der Waals surface area contributed by atoms with E-state index in [1.807, 2.05) is 0 Å². The Labute approximate surface area is 124 Å². The third-order valence-corrected chi connectivity index (χ3v) is 5.59. The summed E-state index contributed by atoms with van der Waals surface area (Å²) in [6.07, 6.45) is 9.19. The van der Waals surface area contributed by atoms with Gasteiger partial charge in [-0.3, -0.25) is 4.79 Å². The van der Waals surface area contributed by atoms with Gasteiger partial charge in [-0.2, -0.15) is 0 Å². The molecular weight excluding hydrogens is 270 g/mol. The molecule has 0 radical (unpaired) electrons. The fourth-order valence-electron chi connectivity index (χ4n) is 2.89. The number of carbonyl (C=O) groups is 1. The van der Waals surface area contributed by atoms with E-state index in [0.717, 1.165) is 30.6 Å². The van der Waals surface area contributed by atoms with Crippen LogP contribution in [0.4, 0.5) is 0 Å². The first-order valence-electron chi connectivity index (χ1n) is 7.82. The molecule has 4 heteroatoms. The highest BCUT2D eigenvalue weighted by atomic mass is 32.1. The molecule has 1 saturated carbocycles. The molecular formula is C16H23NO2S. The van der Waals surface area contributed by atoms with Crippen LogP contribution in [0.5, 0.6) is 0 Å². The Hall–Kier alpha value is -0.870. The normalized spacial score (nSPS) is 20.6. The summed E-state index contributed by atoms with van der Waals surface area (Å²) >= 11 is 1.65. The molecule has 1 atom stereocenters. The molecule has 3 rings (SSSR count). The molecule has 0 aromatic carbocycles. The molecule has 110 valence electrons. The van der Waals surface area contributed by atoms with E-state index in [1.54, 1.807) is 11.3 Å². The van der Waals surface area contributed by atoms with Gasteiger partial charge >= 0.3 is 0 Å². The lowest BCUT2D eigenvalue weighted by Crippen LogP contribution is -2.32.